The number of piperazine rings is 1. The number of benzene rings is 3. The van der Waals surface area contributed by atoms with Crippen molar-refractivity contribution in [3.63, 3.8) is 0 Å². The van der Waals surface area contributed by atoms with Gasteiger partial charge in [-0.15, -0.1) is 0 Å². The van der Waals surface area contributed by atoms with Crippen LogP contribution in [0, 0.1) is 0 Å². The first kappa shape index (κ1) is 27.4. The van der Waals surface area contributed by atoms with E-state index in [1.165, 1.54) is 5.56 Å². The van der Waals surface area contributed by atoms with Gasteiger partial charge in [-0.1, -0.05) is 79.7 Å². The lowest BCUT2D eigenvalue weighted by Crippen LogP contribution is -2.63. The fraction of sp³-hybridized carbons (Fsp3) is 0.424. The number of anilines is 1. The fourth-order valence-corrected chi connectivity index (χ4v) is 5.88. The third-order valence-corrected chi connectivity index (χ3v) is 8.16. The number of amides is 1. The summed E-state index contributed by atoms with van der Waals surface area (Å²) >= 11 is 0. The van der Waals surface area contributed by atoms with Crippen molar-refractivity contribution in [2.45, 2.75) is 44.9 Å². The molecule has 3 aromatic carbocycles. The molecule has 0 aliphatic carbocycles. The van der Waals surface area contributed by atoms with Crippen molar-refractivity contribution in [2.24, 2.45) is 0 Å². The molecule has 0 atom stereocenters. The molecule has 0 aromatic heterocycles. The van der Waals surface area contributed by atoms with E-state index >= 15 is 0 Å². The molecule has 2 fully saturated rings. The predicted octanol–water partition coefficient (Wildman–Crippen LogP) is 5.38. The zero-order chi connectivity index (χ0) is 26.9. The van der Waals surface area contributed by atoms with Crippen LogP contribution in [0.25, 0.3) is 0 Å². The highest BCUT2D eigenvalue weighted by atomic mass is 16.5. The molecule has 0 radical (unpaired) electrons. The van der Waals surface area contributed by atoms with Gasteiger partial charge in [0, 0.05) is 64.4 Å². The number of hydrogen-bond acceptors (Lipinski definition) is 5. The highest BCUT2D eigenvalue weighted by Gasteiger charge is 2.42. The van der Waals surface area contributed by atoms with Crippen molar-refractivity contribution < 1.29 is 14.3 Å². The van der Waals surface area contributed by atoms with Crippen molar-refractivity contribution in [1.29, 1.82) is 0 Å². The zero-order valence-corrected chi connectivity index (χ0v) is 23.1. The van der Waals surface area contributed by atoms with Crippen molar-refractivity contribution in [3.8, 4) is 5.75 Å². The maximum absolute atomic E-state index is 13.5. The maximum Gasteiger partial charge on any atom is 0.226 e. The quantitative estimate of drug-likeness (QED) is 0.355. The Hall–Kier alpha value is -3.19. The number of nitrogens with zero attached hydrogens (tertiary/aromatic N) is 3. The first-order valence-electron chi connectivity index (χ1n) is 14.3. The second-order valence-corrected chi connectivity index (χ2v) is 10.7. The van der Waals surface area contributed by atoms with E-state index < -0.39 is 0 Å². The van der Waals surface area contributed by atoms with Crippen molar-refractivity contribution in [2.75, 3.05) is 50.8 Å². The van der Waals surface area contributed by atoms with Gasteiger partial charge in [-0.05, 0) is 36.1 Å². The molecule has 2 aliphatic heterocycles. The van der Waals surface area contributed by atoms with Crippen molar-refractivity contribution in [1.82, 2.24) is 9.80 Å². The van der Waals surface area contributed by atoms with Crippen molar-refractivity contribution >= 4 is 11.6 Å². The van der Waals surface area contributed by atoms with Crippen LogP contribution in [0.3, 0.4) is 0 Å². The number of carbonyl (C=O) groups is 1. The SMILES string of the molecule is CCC(=O)N(CC1(N2CCN(Cc3ccccc3)CC2)CCOCC1)c1ccccc1OCc1ccccc1. The van der Waals surface area contributed by atoms with Crippen LogP contribution in [-0.2, 0) is 22.7 Å². The second-order valence-electron chi connectivity index (χ2n) is 10.7. The molecule has 0 bridgehead atoms. The summed E-state index contributed by atoms with van der Waals surface area (Å²) in [5.74, 6) is 0.873. The van der Waals surface area contributed by atoms with Crippen LogP contribution in [0.1, 0.15) is 37.3 Å². The van der Waals surface area contributed by atoms with E-state index in [2.05, 4.69) is 52.3 Å². The van der Waals surface area contributed by atoms with Crippen LogP contribution in [0.2, 0.25) is 0 Å². The Bertz CT molecular complexity index is 1170. The van der Waals surface area contributed by atoms with Gasteiger partial charge in [0.1, 0.15) is 12.4 Å². The summed E-state index contributed by atoms with van der Waals surface area (Å²) in [5.41, 5.74) is 3.21. The molecule has 2 heterocycles. The van der Waals surface area contributed by atoms with Gasteiger partial charge in [-0.2, -0.15) is 0 Å². The van der Waals surface area contributed by atoms with Crippen molar-refractivity contribution in [3.05, 3.63) is 96.1 Å². The molecule has 206 valence electrons. The topological polar surface area (TPSA) is 45.3 Å². The number of carbonyl (C=O) groups excluding carboxylic acids is 1. The average Bonchev–Trinajstić information content (AvgIpc) is 3.00. The van der Waals surface area contributed by atoms with E-state index in [9.17, 15) is 4.79 Å². The van der Waals surface area contributed by atoms with Crippen LogP contribution in [0.15, 0.2) is 84.9 Å². The Balaban J connectivity index is 1.34. The minimum Gasteiger partial charge on any atom is -0.487 e. The lowest BCUT2D eigenvalue weighted by Gasteiger charge is -2.51. The third kappa shape index (κ3) is 6.88. The molecule has 1 amide bonds. The summed E-state index contributed by atoms with van der Waals surface area (Å²) in [7, 11) is 0. The molecular formula is C33H41N3O3. The van der Waals surface area contributed by atoms with E-state index in [0.29, 0.717) is 19.6 Å². The van der Waals surface area contributed by atoms with Gasteiger partial charge in [0.15, 0.2) is 0 Å². The van der Waals surface area contributed by atoms with Gasteiger partial charge in [0.05, 0.1) is 5.69 Å². The first-order chi connectivity index (χ1) is 19.2. The third-order valence-electron chi connectivity index (χ3n) is 8.16. The lowest BCUT2D eigenvalue weighted by atomic mass is 9.86. The molecule has 0 saturated carbocycles. The molecule has 5 rings (SSSR count). The summed E-state index contributed by atoms with van der Waals surface area (Å²) < 4.78 is 12.1. The van der Waals surface area contributed by atoms with Crippen LogP contribution in [0.5, 0.6) is 5.75 Å². The van der Waals surface area contributed by atoms with Gasteiger partial charge in [0.2, 0.25) is 5.91 Å². The molecule has 2 saturated heterocycles. The normalized spacial score (nSPS) is 18.0. The Morgan fingerprint density at radius 2 is 1.46 bits per heavy atom. The van der Waals surface area contributed by atoms with Crippen LogP contribution in [0.4, 0.5) is 5.69 Å². The van der Waals surface area contributed by atoms with Crippen LogP contribution in [-0.4, -0.2) is 67.2 Å². The number of rotatable bonds is 10. The van der Waals surface area contributed by atoms with E-state index in [-0.39, 0.29) is 11.4 Å². The first-order valence-corrected chi connectivity index (χ1v) is 14.3. The fourth-order valence-electron chi connectivity index (χ4n) is 5.88. The molecule has 39 heavy (non-hydrogen) atoms. The Morgan fingerprint density at radius 3 is 2.13 bits per heavy atom. The summed E-state index contributed by atoms with van der Waals surface area (Å²) in [6.07, 6.45) is 2.29. The monoisotopic (exact) mass is 527 g/mol. The molecule has 6 nitrogen and oxygen atoms in total. The highest BCUT2D eigenvalue weighted by molar-refractivity contribution is 5.94. The van der Waals surface area contributed by atoms with Crippen LogP contribution >= 0.6 is 0 Å². The standard InChI is InChI=1S/C33H41N3O3/c1-2-32(37)36(30-15-9-10-16-31(30)39-26-29-13-7-4-8-14-29)27-33(17-23-38-24-18-33)35-21-19-34(20-22-35)25-28-11-5-3-6-12-28/h3-16H,2,17-27H2,1H3. The Morgan fingerprint density at radius 1 is 0.846 bits per heavy atom. The number of hydrogen-bond donors (Lipinski definition) is 0. The van der Waals surface area contributed by atoms with Gasteiger partial charge in [0.25, 0.3) is 0 Å². The smallest absolute Gasteiger partial charge is 0.226 e. The van der Waals surface area contributed by atoms with E-state index in [1.54, 1.807) is 0 Å². The lowest BCUT2D eigenvalue weighted by molar-refractivity contribution is -0.119. The largest absolute Gasteiger partial charge is 0.487 e. The summed E-state index contributed by atoms with van der Waals surface area (Å²) in [6.45, 7) is 9.53. The highest BCUT2D eigenvalue weighted by Crippen LogP contribution is 2.36. The number of ether oxygens (including phenoxy) is 2. The molecule has 0 spiro atoms. The Kier molecular flexibility index (Phi) is 9.30. The van der Waals surface area contributed by atoms with Gasteiger partial charge >= 0.3 is 0 Å². The van der Waals surface area contributed by atoms with E-state index in [0.717, 1.165) is 75.8 Å². The predicted molar refractivity (Wildman–Crippen MR) is 156 cm³/mol. The number of para-hydroxylation sites is 2. The molecule has 2 aliphatic rings. The second kappa shape index (κ2) is 13.2. The van der Waals surface area contributed by atoms with Gasteiger partial charge < -0.3 is 14.4 Å². The summed E-state index contributed by atoms with van der Waals surface area (Å²) in [4.78, 5) is 20.7. The minimum atomic E-state index is -0.117. The molecule has 0 N–H and O–H groups in total. The molecule has 6 heteroatoms. The Labute approximate surface area is 233 Å². The van der Waals surface area contributed by atoms with E-state index in [4.69, 9.17) is 9.47 Å². The summed E-state index contributed by atoms with van der Waals surface area (Å²) in [5, 5.41) is 0. The summed E-state index contributed by atoms with van der Waals surface area (Å²) in [6, 6.07) is 28.9. The maximum atomic E-state index is 13.5. The molecule has 0 unspecified atom stereocenters. The van der Waals surface area contributed by atoms with Gasteiger partial charge in [-0.25, -0.2) is 0 Å². The van der Waals surface area contributed by atoms with E-state index in [1.807, 2.05) is 54.3 Å². The zero-order valence-electron chi connectivity index (χ0n) is 23.1. The van der Waals surface area contributed by atoms with Crippen LogP contribution < -0.4 is 9.64 Å². The average molecular weight is 528 g/mol. The minimum absolute atomic E-state index is 0.117. The molecule has 3 aromatic rings. The van der Waals surface area contributed by atoms with Gasteiger partial charge in [-0.3, -0.25) is 14.6 Å². The molecular weight excluding hydrogens is 486 g/mol.